The molecule has 144 heavy (non-hydrogen) atoms. The van der Waals surface area contributed by atoms with E-state index in [9.17, 15) is 0 Å². The molecule has 27 aromatic rings. The number of nitrogens with zero attached hydrogens (tertiary/aromatic N) is 6. The molecular weight excluding hydrogens is 1740 g/mol. The number of fused-ring (bicyclic) bond motifs is 18. The predicted octanol–water partition coefficient (Wildman–Crippen LogP) is 36.8. The SMILES string of the molecule is c1ccc(-c2cc(-c3ccccc3)nc(-c3ccccc3-c3cccc(-c4ccc5c6ccccc6c6ccccc6c5c4)c3)n2)cc1.c1ccc(-c2cc(-c3ccccc3-c3cccc(-c4ccc5c6ccccc6c6ccccc6c5c4)c3)cc(-c3ccccc3)n2)cc1.c1ccc(-c2nc(-c3ccccc3)nc(-c3ccccc3-c3cccc(-c4ccc5c6ccccc6c6ccccc6c5c4)c3)n2)cc1. The van der Waals surface area contributed by atoms with Crippen LogP contribution in [0.4, 0.5) is 0 Å². The molecule has 0 bridgehead atoms. The molecule has 0 saturated heterocycles. The molecule has 3 heterocycles. The Morgan fingerprint density at radius 3 is 0.556 bits per heavy atom. The number of aromatic nitrogens is 6. The third-order valence-electron chi connectivity index (χ3n) is 27.9. The topological polar surface area (TPSA) is 77.3 Å². The Morgan fingerprint density at radius 1 is 0.0833 bits per heavy atom. The minimum atomic E-state index is 0.646. The normalized spacial score (nSPS) is 11.3. The van der Waals surface area contributed by atoms with Crippen LogP contribution in [0.2, 0.25) is 0 Å². The molecule has 0 spiro atoms. The van der Waals surface area contributed by atoms with E-state index < -0.39 is 0 Å². The Balaban J connectivity index is 0.000000113. The monoisotopic (exact) mass is 1830 g/mol. The summed E-state index contributed by atoms with van der Waals surface area (Å²) in [6.07, 6.45) is 0. The first kappa shape index (κ1) is 86.4. The molecule has 0 amide bonds. The van der Waals surface area contributed by atoms with Crippen molar-refractivity contribution in [3.8, 4) is 168 Å². The molecule has 0 aliphatic heterocycles. The Morgan fingerprint density at radius 2 is 0.271 bits per heavy atom. The van der Waals surface area contributed by atoms with Crippen molar-refractivity contribution in [1.82, 2.24) is 29.9 Å². The first-order valence-electron chi connectivity index (χ1n) is 49.0. The molecule has 0 atom stereocenters. The first-order chi connectivity index (χ1) is 71.4. The van der Waals surface area contributed by atoms with Crippen molar-refractivity contribution in [2.45, 2.75) is 0 Å². The minimum absolute atomic E-state index is 0.646. The maximum Gasteiger partial charge on any atom is 0.164 e. The molecule has 0 N–H and O–H groups in total. The van der Waals surface area contributed by atoms with Crippen LogP contribution in [0.3, 0.4) is 0 Å². The van der Waals surface area contributed by atoms with Crippen molar-refractivity contribution < 1.29 is 0 Å². The van der Waals surface area contributed by atoms with Gasteiger partial charge in [-0.1, -0.05) is 491 Å². The standard InChI is InChI=1S/C47H31N.C46H30N2.C45H29N3/c1-3-14-32(15-4-1)46-30-37(31-47(48-46)33-16-5-2-6-17-33)39-21-8-7-20-38(39)36-19-13-18-34(28-36)35-26-27-44-42-24-10-9-22-40(42)41-23-11-12-25-43(41)45(44)29-35;1-3-14-31(15-4-1)44-30-45(32-16-5-2-6-17-32)48-46(47-44)42-25-12-7-20-36(42)35-19-13-18-33(28-35)34-26-27-41-39-23-9-8-21-37(39)38-22-10-11-24-40(38)43(41)29-34;1-3-14-30(15-4-1)43-46-44(31-16-5-2-6-17-31)48-45(47-43)41-25-12-7-20-35(41)34-19-13-18-32(28-34)33-26-27-40-38-23-9-8-21-36(38)37-22-10-11-24-39(37)42(40)29-33/h1-31H;1-30H;1-29H. The van der Waals surface area contributed by atoms with Crippen LogP contribution in [0.25, 0.3) is 265 Å². The largest absolute Gasteiger partial charge is 0.248 e. The van der Waals surface area contributed by atoms with E-state index in [0.717, 1.165) is 101 Å². The summed E-state index contributed by atoms with van der Waals surface area (Å²) in [6, 6.07) is 194. The third kappa shape index (κ3) is 16.9. The quantitative estimate of drug-likeness (QED) is 0.0952. The number of hydrogen-bond donors (Lipinski definition) is 0. The summed E-state index contributed by atoms with van der Waals surface area (Å²) in [5.41, 5.74) is 28.2. The van der Waals surface area contributed by atoms with Crippen LogP contribution < -0.4 is 0 Å². The van der Waals surface area contributed by atoms with Crippen LogP contribution >= 0.6 is 0 Å². The molecule has 672 valence electrons. The zero-order valence-corrected chi connectivity index (χ0v) is 78.6. The van der Waals surface area contributed by atoms with Crippen molar-refractivity contribution in [3.63, 3.8) is 0 Å². The van der Waals surface area contributed by atoms with Gasteiger partial charge in [-0.25, -0.2) is 29.9 Å². The number of rotatable bonds is 15. The van der Waals surface area contributed by atoms with Gasteiger partial charge in [-0.15, -0.1) is 0 Å². The van der Waals surface area contributed by atoms with Gasteiger partial charge in [0.2, 0.25) is 0 Å². The van der Waals surface area contributed by atoms with Gasteiger partial charge in [0.1, 0.15) is 0 Å². The molecule has 0 radical (unpaired) electrons. The minimum Gasteiger partial charge on any atom is -0.248 e. The van der Waals surface area contributed by atoms with Crippen molar-refractivity contribution in [1.29, 1.82) is 0 Å². The highest BCUT2D eigenvalue weighted by atomic mass is 15.0. The van der Waals surface area contributed by atoms with E-state index in [1.54, 1.807) is 0 Å². The molecule has 3 aromatic heterocycles. The van der Waals surface area contributed by atoms with Gasteiger partial charge in [0.15, 0.2) is 23.3 Å². The lowest BCUT2D eigenvalue weighted by Gasteiger charge is -2.15. The van der Waals surface area contributed by atoms with Crippen LogP contribution in [0.5, 0.6) is 0 Å². The van der Waals surface area contributed by atoms with Crippen LogP contribution in [-0.4, -0.2) is 29.9 Å². The van der Waals surface area contributed by atoms with Crippen LogP contribution in [0.15, 0.2) is 546 Å². The highest BCUT2D eigenvalue weighted by molar-refractivity contribution is 6.28. The summed E-state index contributed by atoms with van der Waals surface area (Å²) in [7, 11) is 0. The number of pyridine rings is 1. The number of hydrogen-bond acceptors (Lipinski definition) is 6. The number of benzene rings is 24. The molecule has 6 heteroatoms. The van der Waals surface area contributed by atoms with E-state index in [2.05, 4.69) is 461 Å². The van der Waals surface area contributed by atoms with Gasteiger partial charge in [0.25, 0.3) is 0 Å². The molecule has 0 aliphatic carbocycles. The Kier molecular flexibility index (Phi) is 23.0. The van der Waals surface area contributed by atoms with E-state index in [4.69, 9.17) is 29.9 Å². The second-order valence-electron chi connectivity index (χ2n) is 36.5. The summed E-state index contributed by atoms with van der Waals surface area (Å²) in [4.78, 5) is 30.4. The fraction of sp³-hybridized carbons (Fsp3) is 0. The van der Waals surface area contributed by atoms with Crippen molar-refractivity contribution in [2.75, 3.05) is 0 Å². The van der Waals surface area contributed by atoms with E-state index in [-0.39, 0.29) is 0 Å². The molecule has 0 fully saturated rings. The van der Waals surface area contributed by atoms with Gasteiger partial charge in [-0.05, 0) is 229 Å². The zero-order chi connectivity index (χ0) is 95.6. The van der Waals surface area contributed by atoms with E-state index in [1.165, 1.54) is 141 Å². The Labute approximate surface area is 835 Å². The van der Waals surface area contributed by atoms with Crippen LogP contribution in [-0.2, 0) is 0 Å². The second-order valence-corrected chi connectivity index (χ2v) is 36.5. The van der Waals surface area contributed by atoms with E-state index >= 15 is 0 Å². The first-order valence-corrected chi connectivity index (χ1v) is 49.0. The highest BCUT2D eigenvalue weighted by Crippen LogP contribution is 2.46. The predicted molar refractivity (Wildman–Crippen MR) is 605 cm³/mol. The van der Waals surface area contributed by atoms with E-state index in [0.29, 0.717) is 23.3 Å². The summed E-state index contributed by atoms with van der Waals surface area (Å²) in [5, 5.41) is 23.1. The van der Waals surface area contributed by atoms with Gasteiger partial charge < -0.3 is 0 Å². The molecule has 0 aliphatic rings. The maximum absolute atomic E-state index is 5.14. The van der Waals surface area contributed by atoms with Crippen molar-refractivity contribution >= 4 is 97.0 Å². The molecule has 0 saturated carbocycles. The van der Waals surface area contributed by atoms with Gasteiger partial charge in [-0.2, -0.15) is 0 Å². The van der Waals surface area contributed by atoms with Gasteiger partial charge in [-0.3, -0.25) is 0 Å². The summed E-state index contributed by atoms with van der Waals surface area (Å²) < 4.78 is 0. The van der Waals surface area contributed by atoms with Gasteiger partial charge in [0, 0.05) is 44.5 Å². The molecular formula is C138H90N6. The summed E-state index contributed by atoms with van der Waals surface area (Å²) >= 11 is 0. The highest BCUT2D eigenvalue weighted by Gasteiger charge is 2.23. The Bertz CT molecular complexity index is 8410. The fourth-order valence-electron chi connectivity index (χ4n) is 20.9. The maximum atomic E-state index is 5.14. The van der Waals surface area contributed by atoms with Gasteiger partial charge >= 0.3 is 0 Å². The summed E-state index contributed by atoms with van der Waals surface area (Å²) in [5.74, 6) is 2.66. The fourth-order valence-corrected chi connectivity index (χ4v) is 20.9. The van der Waals surface area contributed by atoms with Gasteiger partial charge in [0.05, 0.1) is 22.8 Å². The third-order valence-corrected chi connectivity index (χ3v) is 27.9. The lowest BCUT2D eigenvalue weighted by molar-refractivity contribution is 1.07. The average Bonchev–Trinajstić information content (AvgIpc) is 0.743. The summed E-state index contributed by atoms with van der Waals surface area (Å²) in [6.45, 7) is 0. The lowest BCUT2D eigenvalue weighted by atomic mass is 9.90. The van der Waals surface area contributed by atoms with Crippen LogP contribution in [0.1, 0.15) is 0 Å². The smallest absolute Gasteiger partial charge is 0.164 e. The van der Waals surface area contributed by atoms with E-state index in [1.807, 2.05) is 84.9 Å². The molecule has 0 unspecified atom stereocenters. The lowest BCUT2D eigenvalue weighted by Crippen LogP contribution is -2.01. The Hall–Kier alpha value is -19.1. The zero-order valence-electron chi connectivity index (χ0n) is 78.6. The average molecular weight is 1830 g/mol. The molecule has 27 rings (SSSR count). The second kappa shape index (κ2) is 38.3. The molecule has 24 aromatic carbocycles. The van der Waals surface area contributed by atoms with Crippen molar-refractivity contribution in [3.05, 3.63) is 546 Å². The van der Waals surface area contributed by atoms with Crippen LogP contribution in [0, 0.1) is 0 Å². The molecule has 6 nitrogen and oxygen atoms in total. The van der Waals surface area contributed by atoms with Crippen molar-refractivity contribution in [2.24, 2.45) is 0 Å².